The van der Waals surface area contributed by atoms with E-state index in [0.717, 1.165) is 31.3 Å². The number of nitrogens with two attached hydrogens (primary N) is 1. The molecule has 0 bridgehead atoms. The third-order valence-corrected chi connectivity index (χ3v) is 3.96. The van der Waals surface area contributed by atoms with Crippen molar-refractivity contribution in [1.82, 2.24) is 5.32 Å². The molecule has 3 rings (SSSR count). The van der Waals surface area contributed by atoms with Crippen LogP contribution in [0.4, 0.5) is 0 Å². The summed E-state index contributed by atoms with van der Waals surface area (Å²) in [4.78, 5) is 11.5. The number of fused-ring (bicyclic) bond motifs is 1. The molecule has 1 amide bonds. The molecule has 0 aromatic heterocycles. The van der Waals surface area contributed by atoms with E-state index in [9.17, 15) is 4.79 Å². The summed E-state index contributed by atoms with van der Waals surface area (Å²) in [6, 6.07) is 12.1. The van der Waals surface area contributed by atoms with Gasteiger partial charge < -0.3 is 11.1 Å². The Hall–Kier alpha value is -1.87. The van der Waals surface area contributed by atoms with Gasteiger partial charge in [0.25, 0.3) is 0 Å². The Morgan fingerprint density at radius 3 is 2.63 bits per heavy atom. The number of carbonyl (C=O) groups is 1. The third-order valence-electron chi connectivity index (χ3n) is 3.96. The Labute approximate surface area is 112 Å². The van der Waals surface area contributed by atoms with Gasteiger partial charge in [-0.05, 0) is 60.3 Å². The summed E-state index contributed by atoms with van der Waals surface area (Å²) in [5.41, 5.74) is 7.34. The maximum atomic E-state index is 11.5. The summed E-state index contributed by atoms with van der Waals surface area (Å²) < 4.78 is 0. The van der Waals surface area contributed by atoms with Gasteiger partial charge in [0, 0.05) is 5.56 Å². The van der Waals surface area contributed by atoms with E-state index in [1.807, 2.05) is 24.3 Å². The number of piperidine rings is 1. The fourth-order valence-electron chi connectivity index (χ4n) is 2.95. The zero-order chi connectivity index (χ0) is 13.2. The van der Waals surface area contributed by atoms with Crippen LogP contribution in [0.5, 0.6) is 0 Å². The summed E-state index contributed by atoms with van der Waals surface area (Å²) in [7, 11) is 0. The fraction of sp³-hybridized carbons (Fsp3) is 0.312. The first kappa shape index (κ1) is 12.2. The molecule has 0 radical (unpaired) electrons. The van der Waals surface area contributed by atoms with Crippen molar-refractivity contribution in [3.05, 3.63) is 47.5 Å². The highest BCUT2D eigenvalue weighted by Gasteiger charge is 2.18. The molecule has 1 heterocycles. The van der Waals surface area contributed by atoms with Gasteiger partial charge >= 0.3 is 0 Å². The van der Waals surface area contributed by atoms with Gasteiger partial charge in [-0.3, -0.25) is 4.79 Å². The highest BCUT2D eigenvalue weighted by molar-refractivity contribution is 5.99. The number of primary amides is 1. The second-order valence-corrected chi connectivity index (χ2v) is 5.18. The molecular formula is C16H18N2O. The first-order valence-corrected chi connectivity index (χ1v) is 6.79. The molecule has 0 unspecified atom stereocenters. The van der Waals surface area contributed by atoms with Crippen LogP contribution in [0.15, 0.2) is 36.4 Å². The SMILES string of the molecule is NC(=O)c1cc(C2CCNCC2)c2ccccc2c1. The summed E-state index contributed by atoms with van der Waals surface area (Å²) in [5.74, 6) is 0.173. The minimum atomic E-state index is -0.346. The van der Waals surface area contributed by atoms with Crippen molar-refractivity contribution >= 4 is 16.7 Å². The molecule has 1 saturated heterocycles. The highest BCUT2D eigenvalue weighted by atomic mass is 16.1. The van der Waals surface area contributed by atoms with Crippen LogP contribution in [0.25, 0.3) is 10.8 Å². The minimum absolute atomic E-state index is 0.346. The molecule has 19 heavy (non-hydrogen) atoms. The first-order chi connectivity index (χ1) is 9.25. The Kier molecular flexibility index (Phi) is 3.22. The zero-order valence-electron chi connectivity index (χ0n) is 10.9. The predicted molar refractivity (Wildman–Crippen MR) is 77.3 cm³/mol. The largest absolute Gasteiger partial charge is 0.366 e. The number of hydrogen-bond acceptors (Lipinski definition) is 2. The van der Waals surface area contributed by atoms with Crippen molar-refractivity contribution in [2.75, 3.05) is 13.1 Å². The number of rotatable bonds is 2. The number of carbonyl (C=O) groups excluding carboxylic acids is 1. The van der Waals surface area contributed by atoms with E-state index in [4.69, 9.17) is 5.73 Å². The van der Waals surface area contributed by atoms with Gasteiger partial charge in [0.15, 0.2) is 0 Å². The summed E-state index contributed by atoms with van der Waals surface area (Å²) in [6.45, 7) is 2.08. The maximum Gasteiger partial charge on any atom is 0.248 e. The van der Waals surface area contributed by atoms with Crippen LogP contribution in [0.1, 0.15) is 34.7 Å². The van der Waals surface area contributed by atoms with Crippen molar-refractivity contribution in [3.63, 3.8) is 0 Å². The molecule has 2 aromatic rings. The van der Waals surface area contributed by atoms with E-state index >= 15 is 0 Å². The van der Waals surface area contributed by atoms with E-state index < -0.39 is 0 Å². The van der Waals surface area contributed by atoms with Crippen molar-refractivity contribution in [2.24, 2.45) is 5.73 Å². The molecule has 0 atom stereocenters. The standard InChI is InChI=1S/C16H18N2O/c17-16(19)13-9-12-3-1-2-4-14(12)15(10-13)11-5-7-18-8-6-11/h1-4,9-11,18H,5-8H2,(H2,17,19). The molecule has 1 aliphatic rings. The molecule has 1 aliphatic heterocycles. The van der Waals surface area contributed by atoms with Gasteiger partial charge in [-0.15, -0.1) is 0 Å². The summed E-state index contributed by atoms with van der Waals surface area (Å²) in [5, 5.41) is 5.73. The van der Waals surface area contributed by atoms with E-state index in [0.29, 0.717) is 11.5 Å². The van der Waals surface area contributed by atoms with Crippen LogP contribution in [-0.4, -0.2) is 19.0 Å². The molecule has 3 N–H and O–H groups in total. The lowest BCUT2D eigenvalue weighted by molar-refractivity contribution is 0.100. The Balaban J connectivity index is 2.16. The lowest BCUT2D eigenvalue weighted by Crippen LogP contribution is -2.27. The van der Waals surface area contributed by atoms with Gasteiger partial charge in [-0.1, -0.05) is 24.3 Å². The fourth-order valence-corrected chi connectivity index (χ4v) is 2.95. The van der Waals surface area contributed by atoms with Crippen LogP contribution < -0.4 is 11.1 Å². The van der Waals surface area contributed by atoms with E-state index in [2.05, 4.69) is 17.4 Å². The van der Waals surface area contributed by atoms with Crippen LogP contribution in [0.2, 0.25) is 0 Å². The summed E-state index contributed by atoms with van der Waals surface area (Å²) in [6.07, 6.45) is 2.23. The van der Waals surface area contributed by atoms with Crippen molar-refractivity contribution in [2.45, 2.75) is 18.8 Å². The van der Waals surface area contributed by atoms with Crippen LogP contribution in [0, 0.1) is 0 Å². The molecule has 2 aromatic carbocycles. The molecule has 0 spiro atoms. The highest BCUT2D eigenvalue weighted by Crippen LogP contribution is 2.32. The molecule has 98 valence electrons. The molecule has 0 saturated carbocycles. The lowest BCUT2D eigenvalue weighted by atomic mass is 9.85. The summed E-state index contributed by atoms with van der Waals surface area (Å²) >= 11 is 0. The van der Waals surface area contributed by atoms with E-state index in [-0.39, 0.29) is 5.91 Å². The van der Waals surface area contributed by atoms with Gasteiger partial charge in [0.05, 0.1) is 0 Å². The van der Waals surface area contributed by atoms with Gasteiger partial charge in [0.1, 0.15) is 0 Å². The van der Waals surface area contributed by atoms with Gasteiger partial charge in [-0.2, -0.15) is 0 Å². The van der Waals surface area contributed by atoms with Crippen molar-refractivity contribution < 1.29 is 4.79 Å². The average molecular weight is 254 g/mol. The smallest absolute Gasteiger partial charge is 0.248 e. The zero-order valence-corrected chi connectivity index (χ0v) is 10.9. The lowest BCUT2D eigenvalue weighted by Gasteiger charge is -2.24. The molecule has 1 fully saturated rings. The minimum Gasteiger partial charge on any atom is -0.366 e. The van der Waals surface area contributed by atoms with Crippen LogP contribution >= 0.6 is 0 Å². The third kappa shape index (κ3) is 2.34. The van der Waals surface area contributed by atoms with E-state index in [1.54, 1.807) is 0 Å². The van der Waals surface area contributed by atoms with Crippen molar-refractivity contribution in [3.8, 4) is 0 Å². The Morgan fingerprint density at radius 2 is 1.89 bits per heavy atom. The Morgan fingerprint density at radius 1 is 1.16 bits per heavy atom. The van der Waals surface area contributed by atoms with Crippen LogP contribution in [0.3, 0.4) is 0 Å². The first-order valence-electron chi connectivity index (χ1n) is 6.79. The number of benzene rings is 2. The monoisotopic (exact) mass is 254 g/mol. The predicted octanol–water partition coefficient (Wildman–Crippen LogP) is 2.41. The molecule has 3 heteroatoms. The normalized spacial score (nSPS) is 16.6. The maximum absolute atomic E-state index is 11.5. The molecule has 3 nitrogen and oxygen atoms in total. The van der Waals surface area contributed by atoms with Gasteiger partial charge in [0.2, 0.25) is 5.91 Å². The van der Waals surface area contributed by atoms with Crippen LogP contribution in [-0.2, 0) is 0 Å². The number of hydrogen-bond donors (Lipinski definition) is 2. The second kappa shape index (κ2) is 5.02. The average Bonchev–Trinajstić information content (AvgIpc) is 2.47. The quantitative estimate of drug-likeness (QED) is 0.864. The second-order valence-electron chi connectivity index (χ2n) is 5.18. The number of amides is 1. The van der Waals surface area contributed by atoms with Gasteiger partial charge in [-0.25, -0.2) is 0 Å². The molecule has 0 aliphatic carbocycles. The topological polar surface area (TPSA) is 55.1 Å². The Bertz CT molecular complexity index is 615. The van der Waals surface area contributed by atoms with Crippen molar-refractivity contribution in [1.29, 1.82) is 0 Å². The molecular weight excluding hydrogens is 236 g/mol. The number of nitrogens with one attached hydrogen (secondary N) is 1. The van der Waals surface area contributed by atoms with E-state index in [1.165, 1.54) is 10.9 Å².